The summed E-state index contributed by atoms with van der Waals surface area (Å²) in [7, 11) is 0. The lowest BCUT2D eigenvalue weighted by molar-refractivity contribution is 0.265. The molecule has 0 aliphatic heterocycles. The first-order valence-corrected chi connectivity index (χ1v) is 9.14. The SMILES string of the molecule is CCOc1cc(CNCCCO)c(Cl)cc1OCc1c(F)cccc1Cl. The predicted octanol–water partition coefficient (Wildman–Crippen LogP) is 4.58. The molecular weight excluding hydrogens is 380 g/mol. The monoisotopic (exact) mass is 401 g/mol. The summed E-state index contributed by atoms with van der Waals surface area (Å²) in [4.78, 5) is 0. The number of halogens is 3. The van der Waals surface area contributed by atoms with Crippen LogP contribution in [0.4, 0.5) is 4.39 Å². The number of hydrogen-bond donors (Lipinski definition) is 2. The van der Waals surface area contributed by atoms with Crippen molar-refractivity contribution in [2.24, 2.45) is 0 Å². The van der Waals surface area contributed by atoms with Gasteiger partial charge in [0.15, 0.2) is 11.5 Å². The van der Waals surface area contributed by atoms with E-state index < -0.39 is 5.82 Å². The number of benzene rings is 2. The molecule has 0 atom stereocenters. The summed E-state index contributed by atoms with van der Waals surface area (Å²) >= 11 is 12.4. The van der Waals surface area contributed by atoms with E-state index in [4.69, 9.17) is 37.8 Å². The van der Waals surface area contributed by atoms with E-state index in [1.807, 2.05) is 6.92 Å². The molecule has 0 fully saturated rings. The molecule has 2 rings (SSSR count). The van der Waals surface area contributed by atoms with Crippen molar-refractivity contribution in [1.29, 1.82) is 0 Å². The first-order valence-electron chi connectivity index (χ1n) is 8.39. The molecule has 0 saturated carbocycles. The first kappa shape index (κ1) is 20.8. The topological polar surface area (TPSA) is 50.7 Å². The molecule has 142 valence electrons. The van der Waals surface area contributed by atoms with Crippen molar-refractivity contribution >= 4 is 23.2 Å². The molecule has 0 heterocycles. The lowest BCUT2D eigenvalue weighted by Crippen LogP contribution is -2.16. The fraction of sp³-hybridized carbons (Fsp3) is 0.368. The van der Waals surface area contributed by atoms with E-state index in [2.05, 4.69) is 5.32 Å². The Bertz CT molecular complexity index is 708. The van der Waals surface area contributed by atoms with Gasteiger partial charge in [0.1, 0.15) is 12.4 Å². The van der Waals surface area contributed by atoms with E-state index in [0.717, 1.165) is 5.56 Å². The van der Waals surface area contributed by atoms with Gasteiger partial charge in [0.25, 0.3) is 0 Å². The Morgan fingerprint density at radius 2 is 1.88 bits per heavy atom. The number of aliphatic hydroxyl groups excluding tert-OH is 1. The summed E-state index contributed by atoms with van der Waals surface area (Å²) in [5, 5.41) is 12.8. The van der Waals surface area contributed by atoms with Gasteiger partial charge in [0.05, 0.1) is 11.6 Å². The smallest absolute Gasteiger partial charge is 0.163 e. The fourth-order valence-corrected chi connectivity index (χ4v) is 2.78. The number of ether oxygens (including phenoxy) is 2. The predicted molar refractivity (Wildman–Crippen MR) is 102 cm³/mol. The van der Waals surface area contributed by atoms with Crippen molar-refractivity contribution < 1.29 is 19.0 Å². The lowest BCUT2D eigenvalue weighted by atomic mass is 10.2. The van der Waals surface area contributed by atoms with Crippen LogP contribution in [0.15, 0.2) is 30.3 Å². The number of rotatable bonds is 10. The summed E-state index contributed by atoms with van der Waals surface area (Å²) in [6, 6.07) is 7.95. The van der Waals surface area contributed by atoms with E-state index in [0.29, 0.717) is 47.7 Å². The maximum absolute atomic E-state index is 13.9. The third kappa shape index (κ3) is 5.74. The molecular formula is C19H22Cl2FNO3. The third-order valence-electron chi connectivity index (χ3n) is 3.67. The van der Waals surface area contributed by atoms with E-state index >= 15 is 0 Å². The highest BCUT2D eigenvalue weighted by atomic mass is 35.5. The van der Waals surface area contributed by atoms with Gasteiger partial charge in [-0.2, -0.15) is 0 Å². The van der Waals surface area contributed by atoms with Gasteiger partial charge in [-0.3, -0.25) is 0 Å². The molecule has 2 aromatic rings. The summed E-state index contributed by atoms with van der Waals surface area (Å²) in [5.74, 6) is 0.532. The first-order chi connectivity index (χ1) is 12.6. The molecule has 0 bridgehead atoms. The Kier molecular flexibility index (Phi) is 8.45. The molecule has 0 aromatic heterocycles. The Balaban J connectivity index is 2.15. The van der Waals surface area contributed by atoms with Crippen molar-refractivity contribution in [2.75, 3.05) is 19.8 Å². The number of hydrogen-bond acceptors (Lipinski definition) is 4. The van der Waals surface area contributed by atoms with Crippen molar-refractivity contribution in [3.63, 3.8) is 0 Å². The van der Waals surface area contributed by atoms with Crippen LogP contribution in [-0.2, 0) is 13.2 Å². The van der Waals surface area contributed by atoms with Gasteiger partial charge in [-0.25, -0.2) is 4.39 Å². The minimum atomic E-state index is -0.425. The minimum Gasteiger partial charge on any atom is -0.490 e. The summed E-state index contributed by atoms with van der Waals surface area (Å²) in [6.07, 6.45) is 0.667. The lowest BCUT2D eigenvalue weighted by Gasteiger charge is -2.16. The Hall–Kier alpha value is -1.53. The van der Waals surface area contributed by atoms with Crippen LogP contribution in [0.3, 0.4) is 0 Å². The molecule has 0 aliphatic carbocycles. The second kappa shape index (κ2) is 10.6. The molecule has 4 nitrogen and oxygen atoms in total. The largest absolute Gasteiger partial charge is 0.490 e. The van der Waals surface area contributed by atoms with E-state index in [1.165, 1.54) is 6.07 Å². The van der Waals surface area contributed by atoms with Crippen LogP contribution in [0.5, 0.6) is 11.5 Å². The fourth-order valence-electron chi connectivity index (χ4n) is 2.34. The van der Waals surface area contributed by atoms with Gasteiger partial charge in [0.2, 0.25) is 0 Å². The van der Waals surface area contributed by atoms with Crippen molar-refractivity contribution in [2.45, 2.75) is 26.5 Å². The van der Waals surface area contributed by atoms with Crippen molar-refractivity contribution in [3.05, 3.63) is 57.3 Å². The normalized spacial score (nSPS) is 10.8. The zero-order valence-electron chi connectivity index (χ0n) is 14.5. The molecule has 0 amide bonds. The highest BCUT2D eigenvalue weighted by Gasteiger charge is 2.14. The van der Waals surface area contributed by atoms with Crippen LogP contribution < -0.4 is 14.8 Å². The zero-order valence-corrected chi connectivity index (χ0v) is 16.0. The quantitative estimate of drug-likeness (QED) is 0.572. The van der Waals surface area contributed by atoms with Crippen LogP contribution in [0.1, 0.15) is 24.5 Å². The van der Waals surface area contributed by atoms with Gasteiger partial charge in [-0.1, -0.05) is 29.3 Å². The Morgan fingerprint density at radius 3 is 2.58 bits per heavy atom. The van der Waals surface area contributed by atoms with Gasteiger partial charge in [-0.05, 0) is 43.7 Å². The van der Waals surface area contributed by atoms with Gasteiger partial charge < -0.3 is 19.9 Å². The van der Waals surface area contributed by atoms with E-state index in [9.17, 15) is 4.39 Å². The standard InChI is InChI=1S/C19H22Cl2FNO3/c1-2-25-18-9-13(11-23-7-4-8-24)16(21)10-19(18)26-12-14-15(20)5-3-6-17(14)22/h3,5-6,9-10,23-24H,2,4,7-8,11-12H2,1H3. The van der Waals surface area contributed by atoms with Crippen molar-refractivity contribution in [3.8, 4) is 11.5 Å². The average Bonchev–Trinajstić information content (AvgIpc) is 2.61. The van der Waals surface area contributed by atoms with Gasteiger partial charge >= 0.3 is 0 Å². The van der Waals surface area contributed by atoms with E-state index in [-0.39, 0.29) is 18.8 Å². The van der Waals surface area contributed by atoms with Crippen LogP contribution >= 0.6 is 23.2 Å². The molecule has 0 spiro atoms. The van der Waals surface area contributed by atoms with E-state index in [1.54, 1.807) is 24.3 Å². The molecule has 0 saturated heterocycles. The van der Waals surface area contributed by atoms with Crippen LogP contribution in [0.25, 0.3) is 0 Å². The molecule has 2 N–H and O–H groups in total. The Morgan fingerprint density at radius 1 is 1.12 bits per heavy atom. The highest BCUT2D eigenvalue weighted by Crippen LogP contribution is 2.35. The maximum atomic E-state index is 13.9. The minimum absolute atomic E-state index is 0.0317. The van der Waals surface area contributed by atoms with Crippen LogP contribution in [0, 0.1) is 5.82 Å². The molecule has 0 unspecified atom stereocenters. The summed E-state index contributed by atoms with van der Waals surface area (Å²) in [6.45, 7) is 3.65. The third-order valence-corrected chi connectivity index (χ3v) is 4.38. The second-order valence-electron chi connectivity index (χ2n) is 5.57. The zero-order chi connectivity index (χ0) is 18.9. The van der Waals surface area contributed by atoms with Crippen molar-refractivity contribution in [1.82, 2.24) is 5.32 Å². The maximum Gasteiger partial charge on any atom is 0.163 e. The number of aliphatic hydroxyl groups is 1. The molecule has 0 aliphatic rings. The highest BCUT2D eigenvalue weighted by molar-refractivity contribution is 6.31. The molecule has 2 aromatic carbocycles. The summed E-state index contributed by atoms with van der Waals surface area (Å²) in [5.41, 5.74) is 1.13. The van der Waals surface area contributed by atoms with Crippen LogP contribution in [-0.4, -0.2) is 24.9 Å². The molecule has 7 heteroatoms. The Labute approximate surface area is 162 Å². The molecule has 0 radical (unpaired) electrons. The van der Waals surface area contributed by atoms with Gasteiger partial charge in [0, 0.05) is 29.8 Å². The second-order valence-corrected chi connectivity index (χ2v) is 6.38. The summed E-state index contributed by atoms with van der Waals surface area (Å²) < 4.78 is 25.3. The number of nitrogens with one attached hydrogen (secondary N) is 1. The average molecular weight is 402 g/mol. The van der Waals surface area contributed by atoms with Crippen LogP contribution in [0.2, 0.25) is 10.0 Å². The van der Waals surface area contributed by atoms with Gasteiger partial charge in [-0.15, -0.1) is 0 Å². The molecule has 26 heavy (non-hydrogen) atoms.